The number of methoxy groups -OCH3 is 1. The average Bonchev–Trinajstić information content (AvgIpc) is 3.48. The molecule has 2 saturated heterocycles. The molecule has 6 rings (SSSR count). The van der Waals surface area contributed by atoms with Crippen molar-refractivity contribution >= 4 is 22.9 Å². The van der Waals surface area contributed by atoms with E-state index < -0.39 is 6.17 Å². The van der Waals surface area contributed by atoms with E-state index in [0.717, 1.165) is 54.3 Å². The minimum atomic E-state index is -0.777. The summed E-state index contributed by atoms with van der Waals surface area (Å²) in [5.41, 5.74) is 2.63. The third-order valence-electron chi connectivity index (χ3n) is 7.61. The Morgan fingerprint density at radius 3 is 2.79 bits per heavy atom. The number of rotatable bonds is 8. The van der Waals surface area contributed by atoms with Gasteiger partial charge in [0.25, 0.3) is 0 Å². The summed E-state index contributed by atoms with van der Waals surface area (Å²) in [7, 11) is 1.67. The number of halogens is 1. The van der Waals surface area contributed by atoms with Crippen molar-refractivity contribution in [2.24, 2.45) is 0 Å². The van der Waals surface area contributed by atoms with Gasteiger partial charge in [0.2, 0.25) is 0 Å². The van der Waals surface area contributed by atoms with Crippen LogP contribution in [0.2, 0.25) is 0 Å². The van der Waals surface area contributed by atoms with Crippen LogP contribution in [0.25, 0.3) is 11.2 Å². The van der Waals surface area contributed by atoms with Crippen LogP contribution in [0.15, 0.2) is 35.6 Å². The number of thioether (sulfide) groups is 1. The van der Waals surface area contributed by atoms with Crippen molar-refractivity contribution in [1.29, 1.82) is 0 Å². The number of alkyl halides is 1. The summed E-state index contributed by atoms with van der Waals surface area (Å²) in [6.07, 6.45) is 7.27. The van der Waals surface area contributed by atoms with Crippen LogP contribution in [0.5, 0.6) is 11.8 Å². The molecule has 180 valence electrons. The lowest BCUT2D eigenvalue weighted by atomic mass is 9.93. The molecule has 0 amide bonds. The molecule has 1 aliphatic carbocycles. The minimum absolute atomic E-state index is 0.223. The molecule has 0 bridgehead atoms. The molecular weight excluding hydrogens is 453 g/mol. The van der Waals surface area contributed by atoms with E-state index in [0.29, 0.717) is 37.3 Å². The quantitative estimate of drug-likeness (QED) is 0.337. The maximum absolute atomic E-state index is 14.2. The van der Waals surface area contributed by atoms with E-state index in [9.17, 15) is 4.39 Å². The molecule has 2 aliphatic heterocycles. The second-order valence-electron chi connectivity index (χ2n) is 9.72. The third kappa shape index (κ3) is 4.02. The van der Waals surface area contributed by atoms with Crippen LogP contribution in [-0.4, -0.2) is 62.9 Å². The number of fused-ring (bicyclic) bond motifs is 2. The molecule has 0 spiro atoms. The van der Waals surface area contributed by atoms with Gasteiger partial charge < -0.3 is 14.0 Å². The first-order chi connectivity index (χ1) is 16.6. The lowest BCUT2D eigenvalue weighted by molar-refractivity contribution is 0.107. The predicted molar refractivity (Wildman–Crippen MR) is 129 cm³/mol. The SMILES string of the molecule is COc1ccc(CSc2nc(OC[C@@]34CCCN3C[C@H](F)C4)nc3ncn(C4CCC4)c23)cc1. The number of imidazole rings is 1. The van der Waals surface area contributed by atoms with Gasteiger partial charge in [0, 0.05) is 24.8 Å². The van der Waals surface area contributed by atoms with Crippen molar-refractivity contribution in [1.82, 2.24) is 24.4 Å². The topological polar surface area (TPSA) is 65.3 Å². The second kappa shape index (κ2) is 9.00. The Balaban J connectivity index is 1.27. The molecular formula is C25H30FN5O2S. The average molecular weight is 484 g/mol. The van der Waals surface area contributed by atoms with Crippen molar-refractivity contribution < 1.29 is 13.9 Å². The van der Waals surface area contributed by atoms with Gasteiger partial charge in [-0.15, -0.1) is 0 Å². The summed E-state index contributed by atoms with van der Waals surface area (Å²) >= 11 is 1.67. The van der Waals surface area contributed by atoms with Crippen LogP contribution in [0.4, 0.5) is 4.39 Å². The van der Waals surface area contributed by atoms with E-state index >= 15 is 0 Å². The molecule has 3 fully saturated rings. The number of ether oxygens (including phenoxy) is 2. The van der Waals surface area contributed by atoms with Crippen molar-refractivity contribution in [3.05, 3.63) is 36.2 Å². The standard InChI is InChI=1S/C25H30FN5O2S/c1-32-20-8-6-17(7-9-20)14-34-23-21-22(27-16-31(21)19-4-2-5-19)28-24(29-23)33-15-25-10-3-11-30(25)13-18(26)12-25/h6-9,16,18-19H,2-5,10-15H2,1H3/t18-,25+/m1/s1. The Labute approximate surface area is 203 Å². The minimum Gasteiger partial charge on any atom is -0.497 e. The second-order valence-corrected chi connectivity index (χ2v) is 10.7. The van der Waals surface area contributed by atoms with Crippen LogP contribution in [0, 0.1) is 0 Å². The monoisotopic (exact) mass is 483 g/mol. The third-order valence-corrected chi connectivity index (χ3v) is 8.65. The van der Waals surface area contributed by atoms with Gasteiger partial charge in [0.15, 0.2) is 5.65 Å². The largest absolute Gasteiger partial charge is 0.497 e. The van der Waals surface area contributed by atoms with Crippen LogP contribution < -0.4 is 9.47 Å². The highest BCUT2D eigenvalue weighted by Crippen LogP contribution is 2.41. The Hall–Kier alpha value is -2.39. The molecule has 0 N–H and O–H groups in total. The van der Waals surface area contributed by atoms with Crippen molar-refractivity contribution in [2.75, 3.05) is 26.8 Å². The van der Waals surface area contributed by atoms with Gasteiger partial charge in [-0.1, -0.05) is 23.9 Å². The number of aromatic nitrogens is 4. The zero-order chi connectivity index (χ0) is 23.1. The van der Waals surface area contributed by atoms with Crippen molar-refractivity contribution in [2.45, 2.75) is 67.1 Å². The Morgan fingerprint density at radius 2 is 2.03 bits per heavy atom. The highest BCUT2D eigenvalue weighted by atomic mass is 32.2. The molecule has 3 aromatic rings. The first-order valence-corrected chi connectivity index (χ1v) is 13.1. The lowest BCUT2D eigenvalue weighted by Gasteiger charge is -2.30. The lowest BCUT2D eigenvalue weighted by Crippen LogP contribution is -2.43. The van der Waals surface area contributed by atoms with Crippen molar-refractivity contribution in [3.8, 4) is 11.8 Å². The van der Waals surface area contributed by atoms with E-state index in [4.69, 9.17) is 14.5 Å². The molecule has 1 saturated carbocycles. The Bertz CT molecular complexity index is 1170. The molecule has 4 heterocycles. The van der Waals surface area contributed by atoms with E-state index in [1.165, 1.54) is 12.0 Å². The van der Waals surface area contributed by atoms with Gasteiger partial charge in [-0.3, -0.25) is 4.90 Å². The summed E-state index contributed by atoms with van der Waals surface area (Å²) in [4.78, 5) is 16.4. The van der Waals surface area contributed by atoms with Gasteiger partial charge in [-0.2, -0.15) is 9.97 Å². The zero-order valence-corrected chi connectivity index (χ0v) is 20.3. The zero-order valence-electron chi connectivity index (χ0n) is 19.5. The van der Waals surface area contributed by atoms with Gasteiger partial charge in [-0.25, -0.2) is 9.37 Å². The van der Waals surface area contributed by atoms with Gasteiger partial charge >= 0.3 is 6.01 Å². The van der Waals surface area contributed by atoms with Crippen LogP contribution in [-0.2, 0) is 5.75 Å². The fraction of sp³-hybridized carbons (Fsp3) is 0.560. The number of benzene rings is 1. The fourth-order valence-electron chi connectivity index (χ4n) is 5.52. The summed E-state index contributed by atoms with van der Waals surface area (Å²) in [6, 6.07) is 8.91. The highest BCUT2D eigenvalue weighted by molar-refractivity contribution is 7.98. The highest BCUT2D eigenvalue weighted by Gasteiger charge is 2.49. The van der Waals surface area contributed by atoms with Gasteiger partial charge in [-0.05, 0) is 56.3 Å². The molecule has 9 heteroatoms. The van der Waals surface area contributed by atoms with E-state index in [1.54, 1.807) is 18.9 Å². The molecule has 1 aromatic carbocycles. The van der Waals surface area contributed by atoms with Crippen molar-refractivity contribution in [3.63, 3.8) is 0 Å². The summed E-state index contributed by atoms with van der Waals surface area (Å²) in [5.74, 6) is 1.62. The fourth-order valence-corrected chi connectivity index (χ4v) is 6.49. The van der Waals surface area contributed by atoms with Crippen LogP contribution in [0.1, 0.15) is 50.1 Å². The van der Waals surface area contributed by atoms with Gasteiger partial charge in [0.1, 0.15) is 29.1 Å². The van der Waals surface area contributed by atoms with Gasteiger partial charge in [0.05, 0.1) is 19.0 Å². The number of hydrogen-bond acceptors (Lipinski definition) is 7. The molecule has 2 aromatic heterocycles. The molecule has 0 unspecified atom stereocenters. The molecule has 2 atom stereocenters. The molecule has 0 radical (unpaired) electrons. The Kier molecular flexibility index (Phi) is 5.85. The normalized spacial score (nSPS) is 24.9. The van der Waals surface area contributed by atoms with E-state index in [1.807, 2.05) is 18.5 Å². The first-order valence-electron chi connectivity index (χ1n) is 12.2. The smallest absolute Gasteiger partial charge is 0.319 e. The maximum Gasteiger partial charge on any atom is 0.319 e. The van der Waals surface area contributed by atoms with Crippen LogP contribution >= 0.6 is 11.8 Å². The van der Waals surface area contributed by atoms with E-state index in [2.05, 4.69) is 31.6 Å². The number of nitrogens with zero attached hydrogens (tertiary/aromatic N) is 5. The van der Waals surface area contributed by atoms with E-state index in [-0.39, 0.29) is 5.54 Å². The number of hydrogen-bond donors (Lipinski definition) is 0. The Morgan fingerprint density at radius 1 is 1.18 bits per heavy atom. The summed E-state index contributed by atoms with van der Waals surface area (Å²) in [5, 5.41) is 0.885. The molecule has 34 heavy (non-hydrogen) atoms. The van der Waals surface area contributed by atoms with Crippen LogP contribution in [0.3, 0.4) is 0 Å². The summed E-state index contributed by atoms with van der Waals surface area (Å²) in [6.45, 7) is 1.88. The molecule has 7 nitrogen and oxygen atoms in total. The first kappa shape index (κ1) is 22.1. The molecule has 3 aliphatic rings. The maximum atomic E-state index is 14.2. The predicted octanol–water partition coefficient (Wildman–Crippen LogP) is 4.81. The summed E-state index contributed by atoms with van der Waals surface area (Å²) < 4.78 is 27.9.